The highest BCUT2D eigenvalue weighted by Crippen LogP contribution is 2.14. The van der Waals surface area contributed by atoms with E-state index < -0.39 is 21.6 Å². The largest absolute Gasteiger partial charge is 0.618 e. The summed E-state index contributed by atoms with van der Waals surface area (Å²) < 4.78 is 25.9. The third-order valence-electron chi connectivity index (χ3n) is 4.22. The summed E-state index contributed by atoms with van der Waals surface area (Å²) >= 11 is 0. The summed E-state index contributed by atoms with van der Waals surface area (Å²) in [6, 6.07) is 20.0. The molecular formula is C21H21NO3S2. The predicted octanol–water partition coefficient (Wildman–Crippen LogP) is 3.55. The highest BCUT2D eigenvalue weighted by Gasteiger charge is 2.17. The van der Waals surface area contributed by atoms with Crippen LogP contribution in [0.5, 0.6) is 0 Å². The van der Waals surface area contributed by atoms with Crippen LogP contribution in [-0.2, 0) is 33.1 Å². The lowest BCUT2D eigenvalue weighted by Crippen LogP contribution is -2.37. The smallest absolute Gasteiger partial charge is 0.205 e. The van der Waals surface area contributed by atoms with E-state index in [9.17, 15) is 13.6 Å². The van der Waals surface area contributed by atoms with Gasteiger partial charge in [0, 0.05) is 21.9 Å². The SMILES string of the molecule is Cc1ccc(S(=O)Cc2cccc(CS(=O)c3ccc(C)cc3)[n+]2[O-])cc1. The molecule has 0 radical (unpaired) electrons. The molecule has 4 nitrogen and oxygen atoms in total. The van der Waals surface area contributed by atoms with Crippen LogP contribution in [0.1, 0.15) is 22.5 Å². The second-order valence-electron chi connectivity index (χ2n) is 6.41. The highest BCUT2D eigenvalue weighted by molar-refractivity contribution is 7.84. The first kappa shape index (κ1) is 19.5. The van der Waals surface area contributed by atoms with E-state index in [1.165, 1.54) is 0 Å². The van der Waals surface area contributed by atoms with Crippen molar-refractivity contribution < 1.29 is 13.1 Å². The van der Waals surface area contributed by atoms with Crippen molar-refractivity contribution in [3.05, 3.63) is 94.5 Å². The van der Waals surface area contributed by atoms with Crippen molar-refractivity contribution in [2.24, 2.45) is 0 Å². The van der Waals surface area contributed by atoms with Crippen LogP contribution >= 0.6 is 0 Å². The number of nitrogens with zero attached hydrogens (tertiary/aromatic N) is 1. The first-order valence-corrected chi connectivity index (χ1v) is 11.2. The first-order chi connectivity index (χ1) is 12.9. The van der Waals surface area contributed by atoms with Crippen molar-refractivity contribution in [2.75, 3.05) is 0 Å². The molecule has 3 aromatic rings. The van der Waals surface area contributed by atoms with Gasteiger partial charge in [-0.15, -0.1) is 0 Å². The van der Waals surface area contributed by atoms with Crippen LogP contribution in [0.3, 0.4) is 0 Å². The van der Waals surface area contributed by atoms with Crippen molar-refractivity contribution in [1.82, 2.24) is 0 Å². The fraction of sp³-hybridized carbons (Fsp3) is 0.190. The lowest BCUT2D eigenvalue weighted by molar-refractivity contribution is -0.620. The van der Waals surface area contributed by atoms with Crippen LogP contribution in [0.15, 0.2) is 76.5 Å². The number of aromatic nitrogens is 1. The third kappa shape index (κ3) is 4.90. The van der Waals surface area contributed by atoms with Crippen molar-refractivity contribution in [1.29, 1.82) is 0 Å². The Morgan fingerprint density at radius 2 is 1.07 bits per heavy atom. The molecular weight excluding hydrogens is 378 g/mol. The molecule has 3 rings (SSSR count). The zero-order valence-corrected chi connectivity index (χ0v) is 16.9. The molecule has 0 saturated carbocycles. The van der Waals surface area contributed by atoms with Crippen LogP contribution in [0, 0.1) is 19.1 Å². The van der Waals surface area contributed by atoms with E-state index in [1.807, 2.05) is 62.4 Å². The van der Waals surface area contributed by atoms with Gasteiger partial charge in [-0.05, 0) is 44.2 Å². The molecule has 0 bridgehead atoms. The van der Waals surface area contributed by atoms with Gasteiger partial charge in [-0.3, -0.25) is 8.42 Å². The quantitative estimate of drug-likeness (QED) is 0.470. The maximum absolute atomic E-state index is 12.7. The fourth-order valence-electron chi connectivity index (χ4n) is 2.62. The average Bonchev–Trinajstić information content (AvgIpc) is 2.66. The Labute approximate surface area is 164 Å². The second-order valence-corrected chi connectivity index (χ2v) is 9.31. The molecule has 0 N–H and O–H groups in total. The first-order valence-electron chi connectivity index (χ1n) is 8.54. The Morgan fingerprint density at radius 1 is 0.704 bits per heavy atom. The van der Waals surface area contributed by atoms with Gasteiger partial charge in [-0.2, -0.15) is 4.73 Å². The van der Waals surface area contributed by atoms with Gasteiger partial charge in [0.25, 0.3) is 0 Å². The monoisotopic (exact) mass is 399 g/mol. The molecule has 2 aromatic carbocycles. The molecule has 0 spiro atoms. The van der Waals surface area contributed by atoms with Crippen molar-refractivity contribution in [3.63, 3.8) is 0 Å². The maximum atomic E-state index is 12.7. The molecule has 27 heavy (non-hydrogen) atoms. The fourth-order valence-corrected chi connectivity index (χ4v) is 4.80. The maximum Gasteiger partial charge on any atom is 0.205 e. The Hall–Kier alpha value is -2.31. The van der Waals surface area contributed by atoms with E-state index in [1.54, 1.807) is 18.2 Å². The van der Waals surface area contributed by atoms with Gasteiger partial charge in [0.05, 0.1) is 21.6 Å². The van der Waals surface area contributed by atoms with Crippen LogP contribution in [-0.4, -0.2) is 8.42 Å². The Bertz CT molecular complexity index is 906. The molecule has 0 saturated heterocycles. The number of hydrogen-bond donors (Lipinski definition) is 0. The van der Waals surface area contributed by atoms with E-state index >= 15 is 0 Å². The van der Waals surface area contributed by atoms with Gasteiger partial charge in [-0.1, -0.05) is 35.4 Å². The Morgan fingerprint density at radius 3 is 1.44 bits per heavy atom. The minimum absolute atomic E-state index is 0.123. The van der Waals surface area contributed by atoms with E-state index in [2.05, 4.69) is 0 Å². The number of hydrogen-bond acceptors (Lipinski definition) is 3. The minimum atomic E-state index is -1.31. The summed E-state index contributed by atoms with van der Waals surface area (Å²) in [5.74, 6) is 0.245. The molecule has 6 heteroatoms. The van der Waals surface area contributed by atoms with Crippen molar-refractivity contribution in [3.8, 4) is 0 Å². The Balaban J connectivity index is 1.77. The summed E-state index contributed by atoms with van der Waals surface area (Å²) in [5, 5.41) is 12.7. The van der Waals surface area contributed by atoms with Gasteiger partial charge in [-0.25, -0.2) is 0 Å². The summed E-state index contributed by atoms with van der Waals surface area (Å²) in [6.07, 6.45) is 0. The molecule has 2 unspecified atom stereocenters. The zero-order chi connectivity index (χ0) is 19.4. The summed E-state index contributed by atoms with van der Waals surface area (Å²) in [4.78, 5) is 1.38. The minimum Gasteiger partial charge on any atom is -0.618 e. The van der Waals surface area contributed by atoms with E-state index in [-0.39, 0.29) is 11.5 Å². The molecule has 1 aromatic heterocycles. The van der Waals surface area contributed by atoms with E-state index in [4.69, 9.17) is 0 Å². The number of rotatable bonds is 6. The second kappa shape index (κ2) is 8.59. The summed E-state index contributed by atoms with van der Waals surface area (Å²) in [6.45, 7) is 3.94. The summed E-state index contributed by atoms with van der Waals surface area (Å²) in [7, 11) is -2.62. The van der Waals surface area contributed by atoms with E-state index in [0.717, 1.165) is 15.9 Å². The van der Waals surface area contributed by atoms with Gasteiger partial charge in [0.1, 0.15) is 11.5 Å². The van der Waals surface area contributed by atoms with Gasteiger partial charge < -0.3 is 5.21 Å². The van der Waals surface area contributed by atoms with Gasteiger partial charge >= 0.3 is 0 Å². The zero-order valence-electron chi connectivity index (χ0n) is 15.3. The lowest BCUT2D eigenvalue weighted by atomic mass is 10.2. The molecule has 0 amide bonds. The lowest BCUT2D eigenvalue weighted by Gasteiger charge is -2.10. The normalized spacial score (nSPS) is 13.3. The molecule has 0 aliphatic carbocycles. The van der Waals surface area contributed by atoms with Crippen LogP contribution in [0.4, 0.5) is 0 Å². The van der Waals surface area contributed by atoms with Crippen LogP contribution in [0.2, 0.25) is 0 Å². The van der Waals surface area contributed by atoms with Crippen LogP contribution < -0.4 is 4.73 Å². The number of aryl methyl sites for hydroxylation is 2. The van der Waals surface area contributed by atoms with Crippen molar-refractivity contribution >= 4 is 21.6 Å². The molecule has 2 atom stereocenters. The van der Waals surface area contributed by atoms with Gasteiger partial charge in [0.15, 0.2) is 0 Å². The summed E-state index contributed by atoms with van der Waals surface area (Å²) in [5.41, 5.74) is 3.00. The van der Waals surface area contributed by atoms with Crippen LogP contribution in [0.25, 0.3) is 0 Å². The van der Waals surface area contributed by atoms with Gasteiger partial charge in [0.2, 0.25) is 11.4 Å². The molecule has 0 aliphatic heterocycles. The number of pyridine rings is 1. The standard InChI is InChI=1S/C21H21NO3S2/c1-16-6-10-20(11-7-16)26(24)14-18-4-3-5-19(22(18)23)15-27(25)21-12-8-17(2)9-13-21/h3-13H,14-15H2,1-2H3. The number of benzene rings is 2. The predicted molar refractivity (Wildman–Crippen MR) is 108 cm³/mol. The van der Waals surface area contributed by atoms with E-state index in [0.29, 0.717) is 21.2 Å². The molecule has 0 aliphatic rings. The Kier molecular flexibility index (Phi) is 6.19. The average molecular weight is 400 g/mol. The highest BCUT2D eigenvalue weighted by atomic mass is 32.2. The third-order valence-corrected chi connectivity index (χ3v) is 6.94. The topological polar surface area (TPSA) is 61.1 Å². The van der Waals surface area contributed by atoms with Crippen molar-refractivity contribution in [2.45, 2.75) is 35.1 Å². The molecule has 1 heterocycles. The molecule has 140 valence electrons. The molecule has 0 fully saturated rings.